The van der Waals surface area contributed by atoms with Gasteiger partial charge in [0.25, 0.3) is 0 Å². The summed E-state index contributed by atoms with van der Waals surface area (Å²) in [6, 6.07) is 2.12. The fourth-order valence-corrected chi connectivity index (χ4v) is 4.04. The molecule has 1 fully saturated rings. The van der Waals surface area contributed by atoms with Crippen molar-refractivity contribution in [2.45, 2.75) is 58.3 Å². The maximum Gasteiger partial charge on any atom is 0.324 e. The number of hydrogen-bond acceptors (Lipinski definition) is 10. The number of halogens is 2. The summed E-state index contributed by atoms with van der Waals surface area (Å²) in [4.78, 5) is 60.6. The third-order valence-corrected chi connectivity index (χ3v) is 5.30. The topological polar surface area (TPSA) is 158 Å². The average molecular weight is 535 g/mol. The van der Waals surface area contributed by atoms with E-state index < -0.39 is 67.1 Å². The van der Waals surface area contributed by atoms with Gasteiger partial charge in [-0.25, -0.2) is 4.79 Å². The highest BCUT2D eigenvalue weighted by Gasteiger charge is 2.51. The monoisotopic (exact) mass is 534 g/mol. The van der Waals surface area contributed by atoms with Crippen LogP contribution in [0.2, 0.25) is 10.0 Å². The van der Waals surface area contributed by atoms with E-state index >= 15 is 0 Å². The molecule has 2 amide bonds. The number of hydrogen-bond donors (Lipinski definition) is 2. The Labute approximate surface area is 210 Å². The first kappa shape index (κ1) is 28.1. The standard InChI is InChI=1S/C21H24Cl2N2O10/c1-9(26)32-8-15(33-10(2)27)18(34-11(3)28)19(35-12(4)29)16-20(30)25(21(31)24-16)17-13(22)6-5-7-14(17)23/h5-7,15-16,18-20,30H,8H2,1-4H3,(H,24,31)/t15-,16-,18-,19+,20-/m1/s1. The zero-order valence-electron chi connectivity index (χ0n) is 19.2. The molecule has 1 aromatic rings. The molecule has 0 aromatic heterocycles. The van der Waals surface area contributed by atoms with Gasteiger partial charge in [-0.1, -0.05) is 29.3 Å². The van der Waals surface area contributed by atoms with E-state index in [1.165, 1.54) is 18.2 Å². The van der Waals surface area contributed by atoms with Crippen LogP contribution in [0.4, 0.5) is 10.5 Å². The third kappa shape index (κ3) is 7.20. The fraction of sp³-hybridized carbons (Fsp3) is 0.476. The van der Waals surface area contributed by atoms with Crippen LogP contribution in [0.5, 0.6) is 0 Å². The molecular weight excluding hydrogens is 511 g/mol. The van der Waals surface area contributed by atoms with E-state index in [1.54, 1.807) is 0 Å². The Morgan fingerprint density at radius 1 is 0.971 bits per heavy atom. The molecule has 1 aliphatic heterocycles. The van der Waals surface area contributed by atoms with Crippen molar-refractivity contribution in [3.8, 4) is 0 Å². The molecule has 1 heterocycles. The largest absolute Gasteiger partial charge is 0.462 e. The summed E-state index contributed by atoms with van der Waals surface area (Å²) in [6.45, 7) is 3.65. The molecule has 0 unspecified atom stereocenters. The van der Waals surface area contributed by atoms with E-state index in [4.69, 9.17) is 42.1 Å². The van der Waals surface area contributed by atoms with Gasteiger partial charge in [0.15, 0.2) is 24.5 Å². The highest BCUT2D eigenvalue weighted by atomic mass is 35.5. The van der Waals surface area contributed by atoms with Crippen molar-refractivity contribution in [1.82, 2.24) is 5.32 Å². The summed E-state index contributed by atoms with van der Waals surface area (Å²) in [5.74, 6) is -3.32. The van der Waals surface area contributed by atoms with Crippen molar-refractivity contribution in [2.24, 2.45) is 0 Å². The number of para-hydroxylation sites is 1. The summed E-state index contributed by atoms with van der Waals surface area (Å²) >= 11 is 12.4. The molecule has 0 spiro atoms. The van der Waals surface area contributed by atoms with Crippen molar-refractivity contribution >= 4 is 58.8 Å². The number of aliphatic hydroxyl groups is 1. The van der Waals surface area contributed by atoms with E-state index in [-0.39, 0.29) is 15.7 Å². The molecule has 5 atom stereocenters. The Balaban J connectivity index is 2.53. The van der Waals surface area contributed by atoms with Crippen LogP contribution < -0.4 is 10.2 Å². The number of urea groups is 1. The number of carbonyl (C=O) groups is 5. The molecule has 0 aliphatic carbocycles. The van der Waals surface area contributed by atoms with Crippen LogP contribution in [-0.4, -0.2) is 72.2 Å². The molecular formula is C21H24Cl2N2O10. The number of ether oxygens (including phenoxy) is 4. The molecule has 0 bridgehead atoms. The first-order valence-corrected chi connectivity index (χ1v) is 11.0. The van der Waals surface area contributed by atoms with Crippen LogP contribution >= 0.6 is 23.2 Å². The number of anilines is 1. The summed E-state index contributed by atoms with van der Waals surface area (Å²) < 4.78 is 20.7. The number of rotatable bonds is 9. The molecule has 192 valence electrons. The fourth-order valence-electron chi connectivity index (χ4n) is 3.46. The average Bonchev–Trinajstić information content (AvgIpc) is 3.01. The minimum atomic E-state index is -1.74. The number of nitrogens with one attached hydrogen (secondary N) is 1. The molecule has 0 radical (unpaired) electrons. The molecule has 2 N–H and O–H groups in total. The smallest absolute Gasteiger partial charge is 0.324 e. The SMILES string of the molecule is CC(=O)OC[C@@H](OC(C)=O)[C@@H](OC(C)=O)[C@@H](OC(C)=O)[C@H]1NC(=O)N(c2c(Cl)cccc2Cl)[C@@H]1O. The normalized spacial score (nSPS) is 19.7. The lowest BCUT2D eigenvalue weighted by molar-refractivity contribution is -0.193. The lowest BCUT2D eigenvalue weighted by atomic mass is 9.99. The second-order valence-electron chi connectivity index (χ2n) is 7.43. The Morgan fingerprint density at radius 2 is 1.51 bits per heavy atom. The van der Waals surface area contributed by atoms with Crippen molar-refractivity contribution in [3.63, 3.8) is 0 Å². The van der Waals surface area contributed by atoms with Crippen LogP contribution in [-0.2, 0) is 38.1 Å². The highest BCUT2D eigenvalue weighted by Crippen LogP contribution is 2.37. The van der Waals surface area contributed by atoms with Crippen molar-refractivity contribution in [1.29, 1.82) is 0 Å². The van der Waals surface area contributed by atoms with Crippen molar-refractivity contribution in [2.75, 3.05) is 11.5 Å². The van der Waals surface area contributed by atoms with Crippen molar-refractivity contribution < 1.29 is 48.0 Å². The summed E-state index contributed by atoms with van der Waals surface area (Å²) in [5, 5.41) is 13.6. The van der Waals surface area contributed by atoms with E-state index in [0.717, 1.165) is 32.6 Å². The minimum Gasteiger partial charge on any atom is -0.462 e. The molecule has 12 nitrogen and oxygen atoms in total. The lowest BCUT2D eigenvalue weighted by Gasteiger charge is -2.35. The number of esters is 4. The van der Waals surface area contributed by atoms with Crippen LogP contribution in [0.15, 0.2) is 18.2 Å². The van der Waals surface area contributed by atoms with Crippen LogP contribution in [0.1, 0.15) is 27.7 Å². The summed E-state index contributed by atoms with van der Waals surface area (Å²) in [5.41, 5.74) is -0.0228. The van der Waals surface area contributed by atoms with Gasteiger partial charge in [0.2, 0.25) is 0 Å². The molecule has 1 aliphatic rings. The van der Waals surface area contributed by atoms with E-state index in [2.05, 4.69) is 5.32 Å². The van der Waals surface area contributed by atoms with Crippen LogP contribution in [0.25, 0.3) is 0 Å². The Bertz CT molecular complexity index is 984. The maximum absolute atomic E-state index is 12.8. The van der Waals surface area contributed by atoms with Gasteiger partial charge in [-0.05, 0) is 12.1 Å². The van der Waals surface area contributed by atoms with Gasteiger partial charge in [-0.3, -0.25) is 24.1 Å². The zero-order chi connectivity index (χ0) is 26.4. The minimum absolute atomic E-state index is 0.0228. The van der Waals surface area contributed by atoms with Gasteiger partial charge in [-0.2, -0.15) is 0 Å². The number of amides is 2. The summed E-state index contributed by atoms with van der Waals surface area (Å²) in [6.07, 6.45) is -6.43. The number of aliphatic hydroxyl groups excluding tert-OH is 1. The predicted molar refractivity (Wildman–Crippen MR) is 121 cm³/mol. The molecule has 0 saturated carbocycles. The van der Waals surface area contributed by atoms with Gasteiger partial charge in [0.05, 0.1) is 15.7 Å². The second-order valence-corrected chi connectivity index (χ2v) is 8.24. The number of benzene rings is 1. The Morgan fingerprint density at radius 3 is 2.00 bits per heavy atom. The first-order valence-electron chi connectivity index (χ1n) is 10.2. The van der Waals surface area contributed by atoms with E-state index in [0.29, 0.717) is 0 Å². The van der Waals surface area contributed by atoms with Gasteiger partial charge in [0, 0.05) is 27.7 Å². The van der Waals surface area contributed by atoms with Crippen LogP contribution in [0, 0.1) is 0 Å². The summed E-state index contributed by atoms with van der Waals surface area (Å²) in [7, 11) is 0. The predicted octanol–water partition coefficient (Wildman–Crippen LogP) is 1.57. The zero-order valence-corrected chi connectivity index (χ0v) is 20.7. The first-order chi connectivity index (χ1) is 16.3. The number of nitrogens with zero attached hydrogens (tertiary/aromatic N) is 1. The molecule has 2 rings (SSSR count). The molecule has 1 aromatic carbocycles. The van der Waals surface area contributed by atoms with Gasteiger partial charge in [0.1, 0.15) is 12.6 Å². The van der Waals surface area contributed by atoms with E-state index in [9.17, 15) is 29.1 Å². The Kier molecular flexibility index (Phi) is 9.69. The molecule has 1 saturated heterocycles. The highest BCUT2D eigenvalue weighted by molar-refractivity contribution is 6.40. The van der Waals surface area contributed by atoms with Gasteiger partial charge < -0.3 is 29.4 Å². The van der Waals surface area contributed by atoms with Crippen molar-refractivity contribution in [3.05, 3.63) is 28.2 Å². The quantitative estimate of drug-likeness (QED) is 0.351. The van der Waals surface area contributed by atoms with Crippen LogP contribution in [0.3, 0.4) is 0 Å². The third-order valence-electron chi connectivity index (χ3n) is 4.69. The second kappa shape index (κ2) is 12.0. The van der Waals surface area contributed by atoms with Gasteiger partial charge in [-0.15, -0.1) is 0 Å². The lowest BCUT2D eigenvalue weighted by Crippen LogP contribution is -2.57. The van der Waals surface area contributed by atoms with Gasteiger partial charge >= 0.3 is 29.9 Å². The Hall–Kier alpha value is -3.09. The maximum atomic E-state index is 12.8. The van der Waals surface area contributed by atoms with E-state index in [1.807, 2.05) is 0 Å². The molecule has 14 heteroatoms. The number of carbonyl (C=O) groups excluding carboxylic acids is 5. The molecule has 35 heavy (non-hydrogen) atoms.